The van der Waals surface area contributed by atoms with Crippen molar-refractivity contribution >= 4 is 11.9 Å². The number of cyclic esters (lactones) is 1. The van der Waals surface area contributed by atoms with Crippen molar-refractivity contribution in [2.45, 2.75) is 211 Å². The van der Waals surface area contributed by atoms with E-state index in [0.717, 1.165) is 64.2 Å². The molecule has 262 valence electrons. The molecule has 2 aliphatic rings. The third-order valence-electron chi connectivity index (χ3n) is 9.42. The van der Waals surface area contributed by atoms with Crippen LogP contribution < -0.4 is 0 Å². The summed E-state index contributed by atoms with van der Waals surface area (Å²) in [7, 11) is 0. The van der Waals surface area contributed by atoms with Gasteiger partial charge in [-0.3, -0.25) is 4.79 Å². The third-order valence-corrected chi connectivity index (χ3v) is 9.42. The summed E-state index contributed by atoms with van der Waals surface area (Å²) in [6.45, 7) is 5.45. The molecule has 2 rings (SSSR count). The number of rotatable bonds is 27. The Balaban J connectivity index is 1.47. The predicted octanol–water partition coefficient (Wildman–Crippen LogP) is 7.63. The van der Waals surface area contributed by atoms with Crippen molar-refractivity contribution in [3.05, 3.63) is 11.6 Å². The van der Waals surface area contributed by atoms with Crippen molar-refractivity contribution in [2.75, 3.05) is 0 Å². The van der Waals surface area contributed by atoms with Crippen molar-refractivity contribution in [1.82, 2.24) is 0 Å². The lowest BCUT2D eigenvalue weighted by atomic mass is 9.99. The van der Waals surface area contributed by atoms with Crippen LogP contribution in [0.5, 0.6) is 0 Å². The Hall–Kier alpha value is -1.48. The molecule has 3 N–H and O–H groups in total. The Kier molecular flexibility index (Phi) is 21.0. The van der Waals surface area contributed by atoms with Crippen LogP contribution in [-0.2, 0) is 23.8 Å². The number of aliphatic hydroxyl groups is 3. The molecule has 0 aromatic carbocycles. The first-order valence-electron chi connectivity index (χ1n) is 18.5. The molecule has 45 heavy (non-hydrogen) atoms. The Morgan fingerprint density at radius 1 is 0.778 bits per heavy atom. The van der Waals surface area contributed by atoms with Crippen LogP contribution >= 0.6 is 0 Å². The molecule has 1 saturated heterocycles. The third kappa shape index (κ3) is 17.9. The van der Waals surface area contributed by atoms with Crippen LogP contribution in [0.4, 0.5) is 0 Å². The lowest BCUT2D eigenvalue weighted by Gasteiger charge is -2.22. The minimum Gasteiger partial charge on any atom is -0.462 e. The molecule has 8 nitrogen and oxygen atoms in total. The highest BCUT2D eigenvalue weighted by atomic mass is 16.6. The van der Waals surface area contributed by atoms with E-state index in [0.29, 0.717) is 31.3 Å². The lowest BCUT2D eigenvalue weighted by molar-refractivity contribution is -0.148. The number of aliphatic hydroxyl groups excluding tert-OH is 3. The fourth-order valence-corrected chi connectivity index (χ4v) is 6.74. The zero-order valence-corrected chi connectivity index (χ0v) is 28.8. The average Bonchev–Trinajstić information content (AvgIpc) is 3.61. The molecule has 8 heteroatoms. The van der Waals surface area contributed by atoms with Crippen molar-refractivity contribution < 1.29 is 39.1 Å². The summed E-state index contributed by atoms with van der Waals surface area (Å²) in [5.74, 6) is -0.680. The second-order valence-electron chi connectivity index (χ2n) is 13.7. The van der Waals surface area contributed by atoms with E-state index in [1.54, 1.807) is 6.08 Å². The van der Waals surface area contributed by atoms with Crippen LogP contribution in [0.3, 0.4) is 0 Å². The molecule has 0 amide bonds. The van der Waals surface area contributed by atoms with Crippen LogP contribution in [0.2, 0.25) is 0 Å². The molecule has 2 aliphatic heterocycles. The summed E-state index contributed by atoms with van der Waals surface area (Å²) in [5.41, 5.74) is 0.575. The van der Waals surface area contributed by atoms with Crippen LogP contribution in [0.25, 0.3) is 0 Å². The first kappa shape index (κ1) is 39.7. The quantitative estimate of drug-likeness (QED) is 0.0620. The molecular formula is C37H66O8. The second-order valence-corrected chi connectivity index (χ2v) is 13.7. The Morgan fingerprint density at radius 2 is 1.24 bits per heavy atom. The Bertz CT molecular complexity index is 829. The van der Waals surface area contributed by atoms with Gasteiger partial charge in [0.2, 0.25) is 0 Å². The van der Waals surface area contributed by atoms with Gasteiger partial charge in [0.05, 0.1) is 30.5 Å². The Morgan fingerprint density at radius 3 is 1.78 bits per heavy atom. The number of ether oxygens (including phenoxy) is 3. The van der Waals surface area contributed by atoms with Crippen LogP contribution in [-0.4, -0.2) is 70.0 Å². The van der Waals surface area contributed by atoms with Gasteiger partial charge in [0, 0.05) is 18.9 Å². The number of unbranched alkanes of at least 4 members (excludes halogenated alkanes) is 12. The first-order valence-corrected chi connectivity index (χ1v) is 18.5. The van der Waals surface area contributed by atoms with Gasteiger partial charge in [-0.25, -0.2) is 4.79 Å². The maximum absolute atomic E-state index is 11.9. The van der Waals surface area contributed by atoms with Gasteiger partial charge in [-0.15, -0.1) is 0 Å². The number of carbonyl (C=O) groups excluding carboxylic acids is 2. The summed E-state index contributed by atoms with van der Waals surface area (Å²) in [6, 6.07) is 0. The zero-order chi connectivity index (χ0) is 32.9. The molecule has 0 spiro atoms. The van der Waals surface area contributed by atoms with Crippen LogP contribution in [0.15, 0.2) is 11.6 Å². The van der Waals surface area contributed by atoms with Crippen molar-refractivity contribution in [1.29, 1.82) is 0 Å². The lowest BCUT2D eigenvalue weighted by Crippen LogP contribution is -2.31. The fraction of sp³-hybridized carbons (Fsp3) is 0.892. The van der Waals surface area contributed by atoms with E-state index in [4.69, 9.17) is 14.2 Å². The molecular weight excluding hydrogens is 572 g/mol. The highest BCUT2D eigenvalue weighted by Crippen LogP contribution is 2.29. The van der Waals surface area contributed by atoms with Crippen LogP contribution in [0.1, 0.15) is 168 Å². The minimum absolute atomic E-state index is 0.158. The van der Waals surface area contributed by atoms with E-state index >= 15 is 0 Å². The average molecular weight is 639 g/mol. The van der Waals surface area contributed by atoms with Gasteiger partial charge < -0.3 is 29.5 Å². The SMILES string of the molecule is CCCCCCCCCCCCC(O)C1CCC(C(O)CCCCC(O)CCCCCC(CC2=CC(C)OC2=O)OC(C)=O)O1. The van der Waals surface area contributed by atoms with E-state index in [1.165, 1.54) is 64.7 Å². The number of hydrogen-bond donors (Lipinski definition) is 3. The van der Waals surface area contributed by atoms with Crippen molar-refractivity contribution in [3.8, 4) is 0 Å². The van der Waals surface area contributed by atoms with Gasteiger partial charge in [-0.05, 0) is 64.4 Å². The van der Waals surface area contributed by atoms with E-state index < -0.39 is 12.2 Å². The van der Waals surface area contributed by atoms with E-state index in [-0.39, 0.29) is 42.5 Å². The summed E-state index contributed by atoms with van der Waals surface area (Å²) >= 11 is 0. The molecule has 0 aliphatic carbocycles. The maximum atomic E-state index is 11.9. The number of carbonyl (C=O) groups is 2. The van der Waals surface area contributed by atoms with Gasteiger partial charge in [0.1, 0.15) is 12.2 Å². The van der Waals surface area contributed by atoms with Gasteiger partial charge >= 0.3 is 11.9 Å². The molecule has 0 saturated carbocycles. The summed E-state index contributed by atoms with van der Waals surface area (Å²) < 4.78 is 16.6. The summed E-state index contributed by atoms with van der Waals surface area (Å²) in [4.78, 5) is 23.4. The number of esters is 2. The molecule has 0 aromatic rings. The molecule has 1 fully saturated rings. The largest absolute Gasteiger partial charge is 0.462 e. The van der Waals surface area contributed by atoms with E-state index in [9.17, 15) is 24.9 Å². The topological polar surface area (TPSA) is 123 Å². The predicted molar refractivity (Wildman–Crippen MR) is 178 cm³/mol. The van der Waals surface area contributed by atoms with Crippen LogP contribution in [0, 0.1) is 0 Å². The second kappa shape index (κ2) is 23.8. The molecule has 7 atom stereocenters. The van der Waals surface area contributed by atoms with Gasteiger partial charge in [0.15, 0.2) is 0 Å². The maximum Gasteiger partial charge on any atom is 0.334 e. The molecule has 0 aromatic heterocycles. The van der Waals surface area contributed by atoms with Crippen molar-refractivity contribution in [2.24, 2.45) is 0 Å². The molecule has 0 bridgehead atoms. The zero-order valence-electron chi connectivity index (χ0n) is 28.8. The highest BCUT2D eigenvalue weighted by molar-refractivity contribution is 5.90. The monoisotopic (exact) mass is 638 g/mol. The minimum atomic E-state index is -0.521. The van der Waals surface area contributed by atoms with E-state index in [2.05, 4.69) is 6.92 Å². The molecule has 0 radical (unpaired) electrons. The highest BCUT2D eigenvalue weighted by Gasteiger charge is 2.34. The molecule has 7 unspecified atom stereocenters. The smallest absolute Gasteiger partial charge is 0.334 e. The van der Waals surface area contributed by atoms with Gasteiger partial charge in [-0.1, -0.05) is 96.8 Å². The van der Waals surface area contributed by atoms with E-state index in [1.807, 2.05) is 6.92 Å². The molecule has 2 heterocycles. The standard InChI is InChI=1S/C37H66O8/c1-4-5-6-7-8-9-10-11-12-16-22-33(40)35-24-25-36(45-35)34(41)23-18-17-20-31(39)19-14-13-15-21-32(44-29(3)38)27-30-26-28(2)43-37(30)42/h26,28,31-36,39-41H,4-25,27H2,1-3H3. The van der Waals surface area contributed by atoms with Gasteiger partial charge in [-0.2, -0.15) is 0 Å². The normalized spacial score (nSPS) is 22.6. The summed E-state index contributed by atoms with van der Waals surface area (Å²) in [5, 5.41) is 31.7. The fourth-order valence-electron chi connectivity index (χ4n) is 6.74. The first-order chi connectivity index (χ1) is 21.7. The van der Waals surface area contributed by atoms with Gasteiger partial charge in [0.25, 0.3) is 0 Å². The summed E-state index contributed by atoms with van der Waals surface area (Å²) in [6.07, 6.45) is 22.2. The van der Waals surface area contributed by atoms with Crippen molar-refractivity contribution in [3.63, 3.8) is 0 Å². The Labute approximate surface area is 273 Å². The number of hydrogen-bond acceptors (Lipinski definition) is 8.